The van der Waals surface area contributed by atoms with Crippen molar-refractivity contribution in [2.75, 3.05) is 23.4 Å². The minimum Gasteiger partial charge on any atom is -0.492 e. The maximum Gasteiger partial charge on any atom is 0.234 e. The number of sulfone groups is 1. The van der Waals surface area contributed by atoms with Crippen LogP contribution < -0.4 is 15.8 Å². The zero-order valence-electron chi connectivity index (χ0n) is 18.6. The lowest BCUT2D eigenvalue weighted by Crippen LogP contribution is -2.15. The van der Waals surface area contributed by atoms with E-state index in [0.717, 1.165) is 17.3 Å². The first kappa shape index (κ1) is 24.5. The van der Waals surface area contributed by atoms with Gasteiger partial charge in [-0.05, 0) is 42.7 Å². The molecule has 8 nitrogen and oxygen atoms in total. The predicted octanol–water partition coefficient (Wildman–Crippen LogP) is 4.14. The van der Waals surface area contributed by atoms with Gasteiger partial charge in [0.2, 0.25) is 15.7 Å². The normalized spacial score (nSPS) is 11.4. The molecule has 0 spiro atoms. The molecule has 0 aliphatic rings. The van der Waals surface area contributed by atoms with Crippen molar-refractivity contribution in [1.82, 2.24) is 9.97 Å². The summed E-state index contributed by atoms with van der Waals surface area (Å²) in [5.41, 5.74) is 7.54. The van der Waals surface area contributed by atoms with E-state index in [2.05, 4.69) is 15.3 Å². The molecule has 0 radical (unpaired) electrons. The largest absolute Gasteiger partial charge is 0.492 e. The maximum atomic E-state index is 13.0. The topological polar surface area (TPSA) is 124 Å². The zero-order valence-corrected chi connectivity index (χ0v) is 20.2. The van der Waals surface area contributed by atoms with Crippen molar-refractivity contribution in [2.45, 2.75) is 41.6 Å². The number of ether oxygens (including phenoxy) is 1. The van der Waals surface area contributed by atoms with Crippen LogP contribution in [0.5, 0.6) is 5.75 Å². The standard InChI is InChI=1S/C23H26N4O4S2/c1-4-31-19-8-6-5-7-18(19)26-21(28)14-32-23-25-13-20(22(24)27-23)33(29,30)17-11-9-16(10-12-17)15(2)3/h5-13,15H,4,14H2,1-3H3,(H,26,28)(H2,24,25,27). The Bertz CT molecular complexity index is 1230. The van der Waals surface area contributed by atoms with Gasteiger partial charge in [0.15, 0.2) is 5.16 Å². The molecule has 0 atom stereocenters. The quantitative estimate of drug-likeness (QED) is 0.341. The number of hydrogen-bond acceptors (Lipinski definition) is 8. The van der Waals surface area contributed by atoms with E-state index >= 15 is 0 Å². The fourth-order valence-electron chi connectivity index (χ4n) is 2.97. The van der Waals surface area contributed by atoms with Crippen LogP contribution in [0.15, 0.2) is 69.7 Å². The van der Waals surface area contributed by atoms with Crippen LogP contribution in [0.2, 0.25) is 0 Å². The van der Waals surface area contributed by atoms with Crippen molar-refractivity contribution in [1.29, 1.82) is 0 Å². The summed E-state index contributed by atoms with van der Waals surface area (Å²) >= 11 is 1.05. The highest BCUT2D eigenvalue weighted by atomic mass is 32.2. The second-order valence-corrected chi connectivity index (χ2v) is 10.3. The van der Waals surface area contributed by atoms with E-state index in [-0.39, 0.29) is 38.3 Å². The molecule has 1 amide bonds. The van der Waals surface area contributed by atoms with Gasteiger partial charge in [-0.1, -0.05) is 49.9 Å². The number of nitrogens with two attached hydrogens (primary N) is 1. The zero-order chi connectivity index (χ0) is 24.0. The van der Waals surface area contributed by atoms with Crippen molar-refractivity contribution in [2.24, 2.45) is 0 Å². The van der Waals surface area contributed by atoms with Gasteiger partial charge in [-0.15, -0.1) is 0 Å². The van der Waals surface area contributed by atoms with Gasteiger partial charge >= 0.3 is 0 Å². The Morgan fingerprint density at radius 2 is 1.85 bits per heavy atom. The maximum absolute atomic E-state index is 13.0. The fraction of sp³-hybridized carbons (Fsp3) is 0.261. The van der Waals surface area contributed by atoms with Crippen LogP contribution in [0, 0.1) is 0 Å². The molecule has 3 N–H and O–H groups in total. The van der Waals surface area contributed by atoms with Crippen LogP contribution in [0.4, 0.5) is 11.5 Å². The van der Waals surface area contributed by atoms with Crippen molar-refractivity contribution >= 4 is 39.0 Å². The number of thioether (sulfide) groups is 1. The molecule has 33 heavy (non-hydrogen) atoms. The van der Waals surface area contributed by atoms with Gasteiger partial charge in [0.05, 0.1) is 29.1 Å². The van der Waals surface area contributed by atoms with E-state index in [1.807, 2.05) is 26.8 Å². The van der Waals surface area contributed by atoms with Gasteiger partial charge in [0.1, 0.15) is 16.5 Å². The van der Waals surface area contributed by atoms with Crippen LogP contribution in [-0.4, -0.2) is 36.7 Å². The predicted molar refractivity (Wildman–Crippen MR) is 129 cm³/mol. The average Bonchev–Trinajstić information content (AvgIpc) is 2.79. The summed E-state index contributed by atoms with van der Waals surface area (Å²) in [5.74, 6) is 0.438. The molecule has 1 aromatic heterocycles. The van der Waals surface area contributed by atoms with Crippen LogP contribution >= 0.6 is 11.8 Å². The summed E-state index contributed by atoms with van der Waals surface area (Å²) in [6.45, 7) is 6.40. The first-order valence-electron chi connectivity index (χ1n) is 10.3. The van der Waals surface area contributed by atoms with E-state index in [9.17, 15) is 13.2 Å². The Hall–Kier alpha value is -3.11. The molecule has 0 fully saturated rings. The molecule has 174 valence electrons. The molecule has 2 aromatic carbocycles. The number of anilines is 2. The van der Waals surface area contributed by atoms with Crippen LogP contribution in [0.1, 0.15) is 32.3 Å². The number of aromatic nitrogens is 2. The number of carbonyl (C=O) groups excluding carboxylic acids is 1. The summed E-state index contributed by atoms with van der Waals surface area (Å²) in [7, 11) is -3.86. The van der Waals surface area contributed by atoms with E-state index in [0.29, 0.717) is 18.0 Å². The van der Waals surface area contributed by atoms with Gasteiger partial charge in [0, 0.05) is 0 Å². The molecule has 0 aliphatic carbocycles. The van der Waals surface area contributed by atoms with Gasteiger partial charge in [-0.3, -0.25) is 4.79 Å². The minimum atomic E-state index is -3.86. The third kappa shape index (κ3) is 6.02. The monoisotopic (exact) mass is 486 g/mol. The Kier molecular flexibility index (Phi) is 7.93. The molecule has 10 heteroatoms. The van der Waals surface area contributed by atoms with Crippen molar-refractivity contribution < 1.29 is 17.9 Å². The van der Waals surface area contributed by atoms with Crippen molar-refractivity contribution in [3.8, 4) is 5.75 Å². The molecule has 0 saturated heterocycles. The SMILES string of the molecule is CCOc1ccccc1NC(=O)CSc1ncc(S(=O)(=O)c2ccc(C(C)C)cc2)c(N)n1. The molecule has 3 rings (SSSR count). The third-order valence-electron chi connectivity index (χ3n) is 4.70. The summed E-state index contributed by atoms with van der Waals surface area (Å²) in [6.07, 6.45) is 1.18. The summed E-state index contributed by atoms with van der Waals surface area (Å²) in [4.78, 5) is 20.5. The number of benzene rings is 2. The molecule has 0 saturated carbocycles. The summed E-state index contributed by atoms with van der Waals surface area (Å²) in [6, 6.07) is 13.8. The van der Waals surface area contributed by atoms with Gasteiger partial charge in [-0.2, -0.15) is 0 Å². The van der Waals surface area contributed by atoms with Crippen LogP contribution in [0.3, 0.4) is 0 Å². The second-order valence-electron chi connectivity index (χ2n) is 7.40. The number of rotatable bonds is 9. The van der Waals surface area contributed by atoms with Crippen LogP contribution in [-0.2, 0) is 14.6 Å². The lowest BCUT2D eigenvalue weighted by Gasteiger charge is -2.11. The van der Waals surface area contributed by atoms with E-state index in [1.165, 1.54) is 6.20 Å². The second kappa shape index (κ2) is 10.7. The van der Waals surface area contributed by atoms with Gasteiger partial charge in [-0.25, -0.2) is 18.4 Å². The highest BCUT2D eigenvalue weighted by Crippen LogP contribution is 2.28. The van der Waals surface area contributed by atoms with Gasteiger partial charge in [0.25, 0.3) is 0 Å². The smallest absolute Gasteiger partial charge is 0.234 e. The Balaban J connectivity index is 1.68. The van der Waals surface area contributed by atoms with Crippen molar-refractivity contribution in [3.05, 3.63) is 60.3 Å². The summed E-state index contributed by atoms with van der Waals surface area (Å²) in [5, 5.41) is 2.99. The number of nitrogen functional groups attached to an aromatic ring is 1. The number of hydrogen-bond donors (Lipinski definition) is 2. The first-order valence-corrected chi connectivity index (χ1v) is 12.8. The van der Waals surface area contributed by atoms with Crippen LogP contribution in [0.25, 0.3) is 0 Å². The molecule has 0 bridgehead atoms. The number of nitrogens with zero attached hydrogens (tertiary/aromatic N) is 2. The summed E-state index contributed by atoms with van der Waals surface area (Å²) < 4.78 is 31.4. The average molecular weight is 487 g/mol. The molecular formula is C23H26N4O4S2. The molecular weight excluding hydrogens is 460 g/mol. The molecule has 3 aromatic rings. The van der Waals surface area contributed by atoms with E-state index in [4.69, 9.17) is 10.5 Å². The Labute approximate surface area is 197 Å². The fourth-order valence-corrected chi connectivity index (χ4v) is 4.85. The Morgan fingerprint density at radius 3 is 2.48 bits per heavy atom. The van der Waals surface area contributed by atoms with E-state index < -0.39 is 9.84 Å². The minimum absolute atomic E-state index is 0.0165. The first-order chi connectivity index (χ1) is 15.7. The molecule has 0 unspecified atom stereocenters. The number of nitrogens with one attached hydrogen (secondary N) is 1. The van der Waals surface area contributed by atoms with Crippen molar-refractivity contribution in [3.63, 3.8) is 0 Å². The highest BCUT2D eigenvalue weighted by molar-refractivity contribution is 7.99. The highest BCUT2D eigenvalue weighted by Gasteiger charge is 2.23. The lowest BCUT2D eigenvalue weighted by molar-refractivity contribution is -0.113. The lowest BCUT2D eigenvalue weighted by atomic mass is 10.0. The number of amides is 1. The molecule has 0 aliphatic heterocycles. The number of para-hydroxylation sites is 2. The number of carbonyl (C=O) groups is 1. The molecule has 1 heterocycles. The van der Waals surface area contributed by atoms with Gasteiger partial charge < -0.3 is 15.8 Å². The van der Waals surface area contributed by atoms with E-state index in [1.54, 1.807) is 42.5 Å². The third-order valence-corrected chi connectivity index (χ3v) is 7.35. The Morgan fingerprint density at radius 1 is 1.15 bits per heavy atom.